The molecule has 2 N–H and O–H groups in total. The monoisotopic (exact) mass is 181 g/mol. The van der Waals surface area contributed by atoms with Gasteiger partial charge in [-0.25, -0.2) is 4.39 Å². The summed E-state index contributed by atoms with van der Waals surface area (Å²) in [5.74, 6) is -0.163. The van der Waals surface area contributed by atoms with Crippen molar-refractivity contribution in [3.8, 4) is 5.75 Å². The van der Waals surface area contributed by atoms with Crippen molar-refractivity contribution >= 4 is 0 Å². The van der Waals surface area contributed by atoms with Crippen LogP contribution in [0.5, 0.6) is 5.75 Å². The molecule has 1 aromatic rings. The van der Waals surface area contributed by atoms with E-state index in [0.29, 0.717) is 5.92 Å². The van der Waals surface area contributed by atoms with Gasteiger partial charge in [0.05, 0.1) is 0 Å². The fourth-order valence-electron chi connectivity index (χ4n) is 1.50. The normalized spacial score (nSPS) is 17.0. The summed E-state index contributed by atoms with van der Waals surface area (Å²) in [5, 5.41) is 12.1. The van der Waals surface area contributed by atoms with Gasteiger partial charge in [0.1, 0.15) is 0 Å². The molecule has 2 nitrogen and oxygen atoms in total. The number of rotatable bonds is 2. The number of nitrogens with one attached hydrogen (secondary N) is 1. The molecule has 1 aliphatic rings. The topological polar surface area (TPSA) is 32.3 Å². The van der Waals surface area contributed by atoms with Crippen LogP contribution in [-0.4, -0.2) is 18.2 Å². The van der Waals surface area contributed by atoms with E-state index in [9.17, 15) is 4.39 Å². The fraction of sp³-hybridized carbons (Fsp3) is 0.400. The molecule has 0 radical (unpaired) electrons. The van der Waals surface area contributed by atoms with Crippen molar-refractivity contribution in [1.29, 1.82) is 0 Å². The Morgan fingerprint density at radius 1 is 1.46 bits per heavy atom. The number of halogens is 1. The first-order valence-corrected chi connectivity index (χ1v) is 4.44. The van der Waals surface area contributed by atoms with Crippen LogP contribution in [0.15, 0.2) is 18.2 Å². The third kappa shape index (κ3) is 1.80. The summed E-state index contributed by atoms with van der Waals surface area (Å²) >= 11 is 0. The summed E-state index contributed by atoms with van der Waals surface area (Å²) < 4.78 is 12.9. The van der Waals surface area contributed by atoms with Crippen molar-refractivity contribution in [2.24, 2.45) is 5.92 Å². The molecule has 0 atom stereocenters. The molecule has 0 spiro atoms. The van der Waals surface area contributed by atoms with E-state index in [4.69, 9.17) is 5.11 Å². The summed E-state index contributed by atoms with van der Waals surface area (Å²) in [7, 11) is 0. The summed E-state index contributed by atoms with van der Waals surface area (Å²) in [5.41, 5.74) is 0.960. The van der Waals surface area contributed by atoms with Crippen molar-refractivity contribution < 1.29 is 9.50 Å². The fourth-order valence-corrected chi connectivity index (χ4v) is 1.50. The van der Waals surface area contributed by atoms with E-state index in [1.165, 1.54) is 12.1 Å². The van der Waals surface area contributed by atoms with Crippen molar-refractivity contribution in [2.45, 2.75) is 6.42 Å². The number of phenols is 1. The van der Waals surface area contributed by atoms with E-state index < -0.39 is 5.82 Å². The average Bonchev–Trinajstić information content (AvgIpc) is 2.04. The molecule has 1 aliphatic heterocycles. The minimum atomic E-state index is -0.523. The van der Waals surface area contributed by atoms with Crippen LogP contribution in [0.4, 0.5) is 4.39 Å². The lowest BCUT2D eigenvalue weighted by Crippen LogP contribution is -2.43. The van der Waals surface area contributed by atoms with Gasteiger partial charge < -0.3 is 10.4 Å². The molecule has 0 amide bonds. The Morgan fingerprint density at radius 3 is 2.77 bits per heavy atom. The van der Waals surface area contributed by atoms with E-state index in [1.54, 1.807) is 6.07 Å². The Bertz CT molecular complexity index is 310. The largest absolute Gasteiger partial charge is 0.505 e. The molecule has 1 heterocycles. The van der Waals surface area contributed by atoms with Gasteiger partial charge in [0.2, 0.25) is 0 Å². The zero-order valence-electron chi connectivity index (χ0n) is 7.26. The average molecular weight is 181 g/mol. The number of hydrogen-bond donors (Lipinski definition) is 2. The standard InChI is InChI=1S/C10H12FNO/c11-9-4-7(1-2-10(9)13)3-8-5-12-6-8/h1-2,4,8,12-13H,3,5-6H2. The predicted octanol–water partition coefficient (Wildman–Crippen LogP) is 1.29. The van der Waals surface area contributed by atoms with E-state index in [2.05, 4.69) is 5.32 Å². The Balaban J connectivity index is 2.07. The molecule has 0 bridgehead atoms. The molecule has 0 aliphatic carbocycles. The maximum Gasteiger partial charge on any atom is 0.165 e. The molecule has 1 aromatic carbocycles. The van der Waals surface area contributed by atoms with Gasteiger partial charge in [-0.15, -0.1) is 0 Å². The molecular formula is C10H12FNO. The van der Waals surface area contributed by atoms with Gasteiger partial charge in [-0.2, -0.15) is 0 Å². The summed E-state index contributed by atoms with van der Waals surface area (Å²) in [6, 6.07) is 4.60. The first kappa shape index (κ1) is 8.51. The predicted molar refractivity (Wildman–Crippen MR) is 48.1 cm³/mol. The summed E-state index contributed by atoms with van der Waals surface area (Å²) in [4.78, 5) is 0. The van der Waals surface area contributed by atoms with Crippen LogP contribution in [-0.2, 0) is 6.42 Å². The van der Waals surface area contributed by atoms with E-state index in [0.717, 1.165) is 25.1 Å². The van der Waals surface area contributed by atoms with Crippen LogP contribution in [0.25, 0.3) is 0 Å². The van der Waals surface area contributed by atoms with Gasteiger partial charge in [-0.3, -0.25) is 0 Å². The highest BCUT2D eigenvalue weighted by Crippen LogP contribution is 2.19. The van der Waals surface area contributed by atoms with Gasteiger partial charge in [0, 0.05) is 0 Å². The lowest BCUT2D eigenvalue weighted by molar-refractivity contribution is 0.345. The maximum atomic E-state index is 12.9. The Kier molecular flexibility index (Phi) is 2.19. The molecule has 13 heavy (non-hydrogen) atoms. The Labute approximate surface area is 76.4 Å². The van der Waals surface area contributed by atoms with Crippen molar-refractivity contribution in [1.82, 2.24) is 5.32 Å². The lowest BCUT2D eigenvalue weighted by Gasteiger charge is -2.27. The van der Waals surface area contributed by atoms with Crippen LogP contribution in [0.2, 0.25) is 0 Å². The third-order valence-corrected chi connectivity index (χ3v) is 2.40. The van der Waals surface area contributed by atoms with E-state index >= 15 is 0 Å². The van der Waals surface area contributed by atoms with Crippen LogP contribution < -0.4 is 5.32 Å². The van der Waals surface area contributed by atoms with Crippen LogP contribution >= 0.6 is 0 Å². The zero-order chi connectivity index (χ0) is 9.26. The summed E-state index contributed by atoms with van der Waals surface area (Å²) in [6.45, 7) is 2.03. The first-order chi connectivity index (χ1) is 6.25. The van der Waals surface area contributed by atoms with Crippen molar-refractivity contribution in [3.63, 3.8) is 0 Å². The van der Waals surface area contributed by atoms with Gasteiger partial charge in [-0.05, 0) is 43.1 Å². The smallest absolute Gasteiger partial charge is 0.165 e. The Hall–Kier alpha value is -1.09. The van der Waals surface area contributed by atoms with E-state index in [-0.39, 0.29) is 5.75 Å². The second-order valence-corrected chi connectivity index (χ2v) is 3.51. The van der Waals surface area contributed by atoms with Crippen LogP contribution in [0.3, 0.4) is 0 Å². The SMILES string of the molecule is Oc1ccc(CC2CNC2)cc1F. The molecule has 0 saturated carbocycles. The minimum absolute atomic E-state index is 0.268. The van der Waals surface area contributed by atoms with Gasteiger partial charge in [-0.1, -0.05) is 6.07 Å². The highest BCUT2D eigenvalue weighted by molar-refractivity contribution is 5.28. The Morgan fingerprint density at radius 2 is 2.23 bits per heavy atom. The molecule has 1 saturated heterocycles. The molecule has 0 aromatic heterocycles. The number of hydrogen-bond acceptors (Lipinski definition) is 2. The number of phenolic OH excluding ortho intramolecular Hbond substituents is 1. The number of aromatic hydroxyl groups is 1. The molecule has 70 valence electrons. The van der Waals surface area contributed by atoms with E-state index in [1.807, 2.05) is 0 Å². The zero-order valence-corrected chi connectivity index (χ0v) is 7.26. The summed E-state index contributed by atoms with van der Waals surface area (Å²) in [6.07, 6.45) is 0.893. The molecule has 3 heteroatoms. The highest BCUT2D eigenvalue weighted by Gasteiger charge is 2.17. The van der Waals surface area contributed by atoms with Crippen LogP contribution in [0.1, 0.15) is 5.56 Å². The van der Waals surface area contributed by atoms with Crippen molar-refractivity contribution in [2.75, 3.05) is 13.1 Å². The highest BCUT2D eigenvalue weighted by atomic mass is 19.1. The van der Waals surface area contributed by atoms with Gasteiger partial charge in [0.15, 0.2) is 11.6 Å². The third-order valence-electron chi connectivity index (χ3n) is 2.40. The maximum absolute atomic E-state index is 12.9. The molecule has 1 fully saturated rings. The quantitative estimate of drug-likeness (QED) is 0.720. The molecule has 0 unspecified atom stereocenters. The second-order valence-electron chi connectivity index (χ2n) is 3.51. The van der Waals surface area contributed by atoms with Crippen LogP contribution in [0, 0.1) is 11.7 Å². The lowest BCUT2D eigenvalue weighted by atomic mass is 9.94. The van der Waals surface area contributed by atoms with Gasteiger partial charge in [0.25, 0.3) is 0 Å². The number of benzene rings is 1. The van der Waals surface area contributed by atoms with Crippen molar-refractivity contribution in [3.05, 3.63) is 29.6 Å². The second kappa shape index (κ2) is 3.34. The molecular weight excluding hydrogens is 169 g/mol. The molecule has 2 rings (SSSR count). The van der Waals surface area contributed by atoms with Gasteiger partial charge >= 0.3 is 0 Å². The first-order valence-electron chi connectivity index (χ1n) is 4.44. The minimum Gasteiger partial charge on any atom is -0.505 e.